The predicted molar refractivity (Wildman–Crippen MR) is 23.2 cm³/mol. The minimum atomic E-state index is -0.316. The molecule has 0 aromatic carbocycles. The van der Waals surface area contributed by atoms with Crippen LogP contribution in [-0.4, -0.2) is 16.8 Å². The van der Waals surface area contributed by atoms with Gasteiger partial charge in [0, 0.05) is 0 Å². The zero-order valence-corrected chi connectivity index (χ0v) is 3.39. The molecule has 0 aromatic rings. The molecule has 0 aliphatic carbocycles. The molecule has 2 N–H and O–H groups in total. The second-order valence-corrected chi connectivity index (χ2v) is 0.854. The van der Waals surface area contributed by atoms with Crippen molar-refractivity contribution in [3.63, 3.8) is 0 Å². The first-order valence-electron chi connectivity index (χ1n) is 1.59. The van der Waals surface area contributed by atoms with Crippen LogP contribution in [-0.2, 0) is 0 Å². The zero-order valence-electron chi connectivity index (χ0n) is 3.39. The lowest BCUT2D eigenvalue weighted by atomic mass is 10.5. The van der Waals surface area contributed by atoms with Crippen LogP contribution in [0.4, 0.5) is 0 Å². The van der Waals surface area contributed by atoms with E-state index in [4.69, 9.17) is 10.2 Å². The maximum absolute atomic E-state index is 8.22. The normalized spacial score (nSPS) is 12.0. The summed E-state index contributed by atoms with van der Waals surface area (Å²) in [5, 5.41) is 16.2. The Morgan fingerprint density at radius 2 is 2.33 bits per heavy atom. The highest BCUT2D eigenvalue weighted by atomic mass is 16.3. The number of hydrogen-bond donors (Lipinski definition) is 2. The first kappa shape index (κ1) is 5.50. The molecule has 0 amide bonds. The lowest BCUT2D eigenvalue weighted by Crippen LogP contribution is -1.84. The molecule has 0 spiro atoms. The van der Waals surface area contributed by atoms with Crippen LogP contribution < -0.4 is 0 Å². The van der Waals surface area contributed by atoms with Crippen molar-refractivity contribution in [3.8, 4) is 0 Å². The number of aliphatic hydroxyl groups excluding tert-OH is 2. The van der Waals surface area contributed by atoms with Crippen LogP contribution in [0.25, 0.3) is 0 Å². The summed E-state index contributed by atoms with van der Waals surface area (Å²) in [6, 6.07) is 0. The molecule has 0 saturated heterocycles. The number of hydrogen-bond acceptors (Lipinski definition) is 2. The molecule has 0 bridgehead atoms. The van der Waals surface area contributed by atoms with Crippen LogP contribution in [0.5, 0.6) is 0 Å². The summed E-state index contributed by atoms with van der Waals surface area (Å²) in [7, 11) is 0. The van der Waals surface area contributed by atoms with Crippen LogP contribution in [0.15, 0.2) is 11.8 Å². The van der Waals surface area contributed by atoms with Gasteiger partial charge in [0.25, 0.3) is 0 Å². The van der Waals surface area contributed by atoms with Gasteiger partial charge in [-0.3, -0.25) is 0 Å². The smallest absolute Gasteiger partial charge is 0.114 e. The van der Waals surface area contributed by atoms with Gasteiger partial charge in [-0.05, 0) is 13.0 Å². The SMILES string of the molecule is [CH2]C=C(O)CO. The van der Waals surface area contributed by atoms with Gasteiger partial charge in [-0.25, -0.2) is 0 Å². The molecule has 0 aliphatic rings. The summed E-state index contributed by atoms with van der Waals surface area (Å²) in [5.41, 5.74) is 0. The molecule has 0 unspecified atom stereocenters. The van der Waals surface area contributed by atoms with E-state index in [9.17, 15) is 0 Å². The van der Waals surface area contributed by atoms with Crippen molar-refractivity contribution in [1.29, 1.82) is 0 Å². The summed E-state index contributed by atoms with van der Waals surface area (Å²) in [4.78, 5) is 0. The molecule has 0 atom stereocenters. The van der Waals surface area contributed by atoms with Crippen molar-refractivity contribution in [2.45, 2.75) is 0 Å². The molecule has 0 rings (SSSR count). The minimum Gasteiger partial charge on any atom is -0.510 e. The minimum absolute atomic E-state index is 0.0880. The fourth-order valence-electron chi connectivity index (χ4n) is 0.0645. The van der Waals surface area contributed by atoms with E-state index in [1.165, 1.54) is 6.08 Å². The van der Waals surface area contributed by atoms with Crippen molar-refractivity contribution in [1.82, 2.24) is 0 Å². The van der Waals surface area contributed by atoms with E-state index in [0.29, 0.717) is 0 Å². The quantitative estimate of drug-likeness (QED) is 0.450. The van der Waals surface area contributed by atoms with Gasteiger partial charge in [-0.15, -0.1) is 0 Å². The van der Waals surface area contributed by atoms with Gasteiger partial charge in [0.1, 0.15) is 5.76 Å². The molecular formula is C4H7O2. The van der Waals surface area contributed by atoms with Crippen LogP contribution in [0.3, 0.4) is 0 Å². The van der Waals surface area contributed by atoms with Crippen LogP contribution in [0, 0.1) is 6.92 Å². The van der Waals surface area contributed by atoms with Crippen LogP contribution >= 0.6 is 0 Å². The van der Waals surface area contributed by atoms with Crippen molar-refractivity contribution >= 4 is 0 Å². The van der Waals surface area contributed by atoms with E-state index in [2.05, 4.69) is 6.92 Å². The summed E-state index contributed by atoms with van der Waals surface area (Å²) >= 11 is 0. The lowest BCUT2D eigenvalue weighted by Gasteiger charge is -1.84. The van der Waals surface area contributed by atoms with E-state index in [-0.39, 0.29) is 12.4 Å². The Morgan fingerprint density at radius 3 is 2.33 bits per heavy atom. The van der Waals surface area contributed by atoms with E-state index in [1.807, 2.05) is 0 Å². The lowest BCUT2D eigenvalue weighted by molar-refractivity contribution is 0.253. The molecule has 35 valence electrons. The number of rotatable bonds is 1. The Hall–Kier alpha value is -0.500. The molecule has 0 heterocycles. The first-order valence-corrected chi connectivity index (χ1v) is 1.59. The van der Waals surface area contributed by atoms with Gasteiger partial charge in [0.05, 0.1) is 6.61 Å². The Labute approximate surface area is 36.7 Å². The average Bonchev–Trinajstić information content (AvgIpc) is 1.65. The Bertz CT molecular complexity index is 56.6. The molecule has 0 saturated carbocycles. The Balaban J connectivity index is 3.22. The van der Waals surface area contributed by atoms with Gasteiger partial charge < -0.3 is 10.2 Å². The van der Waals surface area contributed by atoms with E-state index >= 15 is 0 Å². The highest BCUT2D eigenvalue weighted by molar-refractivity contribution is 4.91. The molecule has 1 radical (unpaired) electrons. The number of allylic oxidation sites excluding steroid dienone is 1. The first-order chi connectivity index (χ1) is 2.81. The monoisotopic (exact) mass is 87.0 g/mol. The van der Waals surface area contributed by atoms with Crippen LogP contribution in [0.1, 0.15) is 0 Å². The molecule has 0 aliphatic heterocycles. The fourth-order valence-corrected chi connectivity index (χ4v) is 0.0645. The van der Waals surface area contributed by atoms with Gasteiger partial charge in [0.2, 0.25) is 0 Å². The van der Waals surface area contributed by atoms with Crippen molar-refractivity contribution < 1.29 is 10.2 Å². The van der Waals surface area contributed by atoms with Gasteiger partial charge >= 0.3 is 0 Å². The maximum Gasteiger partial charge on any atom is 0.114 e. The summed E-state index contributed by atoms with van der Waals surface area (Å²) in [6.45, 7) is 2.87. The van der Waals surface area contributed by atoms with Gasteiger partial charge in [0.15, 0.2) is 0 Å². The standard InChI is InChI=1S/C4H7O2/c1-2-4(6)3-5/h2,5-6H,1,3H2. The van der Waals surface area contributed by atoms with Crippen molar-refractivity contribution in [2.75, 3.05) is 6.61 Å². The third-order valence-corrected chi connectivity index (χ3v) is 0.398. The molecule has 2 nitrogen and oxygen atoms in total. The largest absolute Gasteiger partial charge is 0.510 e. The Morgan fingerprint density at radius 1 is 1.83 bits per heavy atom. The maximum atomic E-state index is 8.22. The van der Waals surface area contributed by atoms with Gasteiger partial charge in [-0.2, -0.15) is 0 Å². The third-order valence-electron chi connectivity index (χ3n) is 0.398. The fraction of sp³-hybridized carbons (Fsp3) is 0.250. The van der Waals surface area contributed by atoms with Crippen molar-refractivity contribution in [3.05, 3.63) is 18.8 Å². The molecule has 0 fully saturated rings. The summed E-state index contributed by atoms with van der Waals surface area (Å²) in [6.07, 6.45) is 1.19. The molecular weight excluding hydrogens is 80.0 g/mol. The zero-order chi connectivity index (χ0) is 4.99. The highest BCUT2D eigenvalue weighted by Crippen LogP contribution is 1.79. The predicted octanol–water partition coefficient (Wildman–Crippen LogP) is 0.255. The van der Waals surface area contributed by atoms with E-state index < -0.39 is 0 Å². The molecule has 2 heteroatoms. The van der Waals surface area contributed by atoms with E-state index in [0.717, 1.165) is 0 Å². The van der Waals surface area contributed by atoms with E-state index in [1.54, 1.807) is 0 Å². The Kier molecular flexibility index (Phi) is 2.50. The number of aliphatic hydroxyl groups is 2. The summed E-state index contributed by atoms with van der Waals surface area (Å²) in [5.74, 6) is -0.0880. The second kappa shape index (κ2) is 2.72. The molecule has 6 heavy (non-hydrogen) atoms. The molecule has 0 aromatic heterocycles. The third kappa shape index (κ3) is 1.79. The highest BCUT2D eigenvalue weighted by Gasteiger charge is 1.78. The topological polar surface area (TPSA) is 40.5 Å². The van der Waals surface area contributed by atoms with Crippen molar-refractivity contribution in [2.24, 2.45) is 0 Å². The summed E-state index contributed by atoms with van der Waals surface area (Å²) < 4.78 is 0. The second-order valence-electron chi connectivity index (χ2n) is 0.854. The van der Waals surface area contributed by atoms with Gasteiger partial charge in [-0.1, -0.05) is 0 Å². The average molecular weight is 87.1 g/mol. The van der Waals surface area contributed by atoms with Crippen LogP contribution in [0.2, 0.25) is 0 Å².